The summed E-state index contributed by atoms with van der Waals surface area (Å²) >= 11 is 0. The molecule has 0 amide bonds. The fraction of sp³-hybridized carbons (Fsp3) is 1.00. The van der Waals surface area contributed by atoms with E-state index in [9.17, 15) is 5.11 Å². The van der Waals surface area contributed by atoms with Crippen LogP contribution in [0.4, 0.5) is 0 Å². The maximum absolute atomic E-state index is 9.44. The van der Waals surface area contributed by atoms with E-state index >= 15 is 0 Å². The number of ether oxygens (including phenoxy) is 1. The Labute approximate surface area is 91.8 Å². The highest BCUT2D eigenvalue weighted by atomic mass is 16.5. The molecular weight excluding hydrogens is 192 g/mol. The van der Waals surface area contributed by atoms with Gasteiger partial charge in [-0.2, -0.15) is 0 Å². The maximum atomic E-state index is 9.44. The molecule has 15 heavy (non-hydrogen) atoms. The molecule has 0 unspecified atom stereocenters. The van der Waals surface area contributed by atoms with Crippen molar-refractivity contribution in [1.29, 1.82) is 0 Å². The third-order valence-corrected chi connectivity index (χ3v) is 3.59. The minimum absolute atomic E-state index is 0.0715. The molecule has 0 spiro atoms. The second-order valence-corrected chi connectivity index (χ2v) is 4.57. The van der Waals surface area contributed by atoms with Crippen LogP contribution in [0, 0.1) is 0 Å². The number of rotatable bonds is 2. The fourth-order valence-corrected chi connectivity index (χ4v) is 2.50. The predicted octanol–water partition coefficient (Wildman–Crippen LogP) is 0.469. The molecule has 0 radical (unpaired) electrons. The van der Waals surface area contributed by atoms with Gasteiger partial charge in [0.2, 0.25) is 0 Å². The highest BCUT2D eigenvalue weighted by Gasteiger charge is 2.26. The summed E-state index contributed by atoms with van der Waals surface area (Å²) in [7, 11) is 1.80. The zero-order chi connectivity index (χ0) is 10.7. The molecule has 2 rings (SSSR count). The van der Waals surface area contributed by atoms with E-state index in [1.807, 2.05) is 0 Å². The van der Waals surface area contributed by atoms with Crippen molar-refractivity contribution in [3.05, 3.63) is 0 Å². The quantitative estimate of drug-likeness (QED) is 0.725. The van der Waals surface area contributed by atoms with E-state index in [0.717, 1.165) is 51.9 Å². The summed E-state index contributed by atoms with van der Waals surface area (Å²) in [6.07, 6.45) is 4.49. The lowest BCUT2D eigenvalue weighted by atomic mass is 10.1. The van der Waals surface area contributed by atoms with Gasteiger partial charge in [0.1, 0.15) is 0 Å². The molecule has 4 nitrogen and oxygen atoms in total. The molecule has 4 heteroatoms. The number of piperidine rings is 2. The Kier molecular flexibility index (Phi) is 3.97. The normalized spacial score (nSPS) is 28.4. The molecule has 88 valence electrons. The smallest absolute Gasteiger partial charge is 0.0596 e. The summed E-state index contributed by atoms with van der Waals surface area (Å²) in [5.41, 5.74) is 0. The van der Waals surface area contributed by atoms with Gasteiger partial charge in [-0.05, 0) is 25.7 Å². The molecular formula is C11H22N2O2. The van der Waals surface area contributed by atoms with Crippen LogP contribution in [-0.4, -0.2) is 60.6 Å². The Morgan fingerprint density at radius 1 is 0.933 bits per heavy atom. The lowest BCUT2D eigenvalue weighted by Gasteiger charge is -2.42. The molecule has 0 aliphatic carbocycles. The van der Waals surface area contributed by atoms with Crippen LogP contribution in [-0.2, 0) is 4.74 Å². The van der Waals surface area contributed by atoms with E-state index in [1.54, 1.807) is 7.11 Å². The van der Waals surface area contributed by atoms with Gasteiger partial charge < -0.3 is 9.84 Å². The average molecular weight is 214 g/mol. The highest BCUT2D eigenvalue weighted by Crippen LogP contribution is 2.18. The fourth-order valence-electron chi connectivity index (χ4n) is 2.50. The third kappa shape index (κ3) is 2.91. The average Bonchev–Trinajstić information content (AvgIpc) is 2.30. The Balaban J connectivity index is 1.75. The molecule has 1 N–H and O–H groups in total. The standard InChI is InChI=1S/C11H22N2O2/c1-15-11-4-8-13(9-5-11)12-6-2-10(14)3-7-12/h10-11,14H,2-9H2,1H3. The van der Waals surface area contributed by atoms with Crippen LogP contribution in [0.2, 0.25) is 0 Å². The molecule has 2 saturated heterocycles. The number of hydrogen-bond donors (Lipinski definition) is 1. The summed E-state index contributed by atoms with van der Waals surface area (Å²) in [4.78, 5) is 0. The first kappa shape index (κ1) is 11.3. The zero-order valence-electron chi connectivity index (χ0n) is 9.56. The van der Waals surface area contributed by atoms with Crippen molar-refractivity contribution in [2.45, 2.75) is 37.9 Å². The molecule has 2 heterocycles. The zero-order valence-corrected chi connectivity index (χ0v) is 9.56. The lowest BCUT2D eigenvalue weighted by molar-refractivity contribution is -0.0951. The molecule has 2 aliphatic heterocycles. The van der Waals surface area contributed by atoms with E-state index in [-0.39, 0.29) is 6.10 Å². The van der Waals surface area contributed by atoms with Crippen LogP contribution >= 0.6 is 0 Å². The molecule has 0 aromatic rings. The number of aliphatic hydroxyl groups excluding tert-OH is 1. The summed E-state index contributed by atoms with van der Waals surface area (Å²) in [6, 6.07) is 0. The van der Waals surface area contributed by atoms with E-state index < -0.39 is 0 Å². The van der Waals surface area contributed by atoms with Crippen LogP contribution in [0.15, 0.2) is 0 Å². The van der Waals surface area contributed by atoms with E-state index in [4.69, 9.17) is 4.74 Å². The first-order chi connectivity index (χ1) is 7.29. The number of nitrogens with zero attached hydrogens (tertiary/aromatic N) is 2. The second-order valence-electron chi connectivity index (χ2n) is 4.57. The lowest BCUT2D eigenvalue weighted by Crippen LogP contribution is -2.51. The van der Waals surface area contributed by atoms with Gasteiger partial charge in [0, 0.05) is 33.3 Å². The van der Waals surface area contributed by atoms with Gasteiger partial charge in [0.15, 0.2) is 0 Å². The van der Waals surface area contributed by atoms with Gasteiger partial charge in [-0.25, -0.2) is 10.0 Å². The van der Waals surface area contributed by atoms with Gasteiger partial charge in [-0.15, -0.1) is 0 Å². The van der Waals surface area contributed by atoms with E-state index in [1.165, 1.54) is 0 Å². The van der Waals surface area contributed by atoms with Gasteiger partial charge in [0.25, 0.3) is 0 Å². The number of hydrogen-bond acceptors (Lipinski definition) is 4. The van der Waals surface area contributed by atoms with Crippen molar-refractivity contribution in [3.63, 3.8) is 0 Å². The molecule has 0 aromatic heterocycles. The van der Waals surface area contributed by atoms with Crippen molar-refractivity contribution >= 4 is 0 Å². The molecule has 0 atom stereocenters. The van der Waals surface area contributed by atoms with Gasteiger partial charge in [0.05, 0.1) is 12.2 Å². The number of methoxy groups -OCH3 is 1. The minimum Gasteiger partial charge on any atom is -0.393 e. The van der Waals surface area contributed by atoms with Crippen molar-refractivity contribution in [3.8, 4) is 0 Å². The first-order valence-electron chi connectivity index (χ1n) is 6.00. The van der Waals surface area contributed by atoms with Crippen LogP contribution in [0.1, 0.15) is 25.7 Å². The molecule has 0 saturated carbocycles. The van der Waals surface area contributed by atoms with Crippen LogP contribution in [0.3, 0.4) is 0 Å². The van der Waals surface area contributed by atoms with Gasteiger partial charge >= 0.3 is 0 Å². The summed E-state index contributed by atoms with van der Waals surface area (Å²) in [5.74, 6) is 0. The van der Waals surface area contributed by atoms with Crippen LogP contribution in [0.5, 0.6) is 0 Å². The number of hydrazine groups is 1. The van der Waals surface area contributed by atoms with Gasteiger partial charge in [-0.1, -0.05) is 0 Å². The van der Waals surface area contributed by atoms with Crippen molar-refractivity contribution in [1.82, 2.24) is 10.0 Å². The molecule has 2 aliphatic rings. The Morgan fingerprint density at radius 3 is 1.87 bits per heavy atom. The second kappa shape index (κ2) is 5.25. The van der Waals surface area contributed by atoms with Crippen LogP contribution in [0.25, 0.3) is 0 Å². The van der Waals surface area contributed by atoms with Gasteiger partial charge in [-0.3, -0.25) is 0 Å². The Bertz CT molecular complexity index is 185. The molecule has 0 aromatic carbocycles. The maximum Gasteiger partial charge on any atom is 0.0596 e. The van der Waals surface area contributed by atoms with Crippen molar-refractivity contribution in [2.75, 3.05) is 33.3 Å². The monoisotopic (exact) mass is 214 g/mol. The largest absolute Gasteiger partial charge is 0.393 e. The summed E-state index contributed by atoms with van der Waals surface area (Å²) in [5, 5.41) is 14.3. The van der Waals surface area contributed by atoms with Crippen LogP contribution < -0.4 is 0 Å². The third-order valence-electron chi connectivity index (χ3n) is 3.59. The number of aliphatic hydroxyl groups is 1. The Hall–Kier alpha value is -0.160. The predicted molar refractivity (Wildman–Crippen MR) is 58.4 cm³/mol. The minimum atomic E-state index is -0.0715. The Morgan fingerprint density at radius 2 is 1.40 bits per heavy atom. The summed E-state index contributed by atoms with van der Waals surface area (Å²) < 4.78 is 5.36. The SMILES string of the molecule is COC1CCN(N2CCC(O)CC2)CC1. The van der Waals surface area contributed by atoms with Crippen molar-refractivity contribution < 1.29 is 9.84 Å². The first-order valence-corrected chi connectivity index (χ1v) is 6.00. The summed E-state index contributed by atoms with van der Waals surface area (Å²) in [6.45, 7) is 4.24. The van der Waals surface area contributed by atoms with Crippen molar-refractivity contribution in [2.24, 2.45) is 0 Å². The van der Waals surface area contributed by atoms with E-state index in [0.29, 0.717) is 6.10 Å². The molecule has 2 fully saturated rings. The highest BCUT2D eigenvalue weighted by molar-refractivity contribution is 4.75. The van der Waals surface area contributed by atoms with E-state index in [2.05, 4.69) is 10.0 Å². The molecule has 0 bridgehead atoms. The topological polar surface area (TPSA) is 35.9 Å².